The van der Waals surface area contributed by atoms with Gasteiger partial charge in [0.05, 0.1) is 0 Å². The fourth-order valence-corrected chi connectivity index (χ4v) is 27.9. The van der Waals surface area contributed by atoms with Gasteiger partial charge in [-0.15, -0.1) is 0 Å². The van der Waals surface area contributed by atoms with Crippen LogP contribution in [0.3, 0.4) is 0 Å². The van der Waals surface area contributed by atoms with Crippen LogP contribution in [-0.2, 0) is 28.2 Å². The minimum atomic E-state index is -2.74. The number of carbonyl (C=O) groups is 1. The standard InChI is InChI=1S/C33H53O6Si.3C4H9.Sn/c1-9-17-24(5)30-31(39-40(10-2,11-3)12-4)29-23-22-26(35-29)19-14-16-21-28-27(37-33(7,8)38-28)20-15-13-18-25(6)32(34)36-30;3*1-3-4-2;/h13,15-16,18,20-21,24-31H,1,10-12,14,17,19,22-23H2,2-8H3;3*1,3-4H2,2H3;/b18-13+,20-15?,21-16-;;;;/t24-,25+,26+,27-,28-,29+,30?,31-;;;;/m1..../s1. The van der Waals surface area contributed by atoms with Gasteiger partial charge in [0, 0.05) is 0 Å². The molecule has 0 saturated carbocycles. The molecule has 0 aliphatic carbocycles. The molecule has 0 spiro atoms. The molecule has 3 rings (SSSR count). The molecule has 1 unspecified atom stereocenters. The number of hydrogen-bond acceptors (Lipinski definition) is 6. The van der Waals surface area contributed by atoms with Crippen molar-refractivity contribution in [2.24, 2.45) is 11.8 Å². The molecule has 0 aromatic heterocycles. The molecule has 2 saturated heterocycles. The summed E-state index contributed by atoms with van der Waals surface area (Å²) in [6.07, 6.45) is 23.6. The van der Waals surface area contributed by atoms with E-state index in [1.165, 1.54) is 51.8 Å². The van der Waals surface area contributed by atoms with E-state index in [1.807, 2.05) is 45.1 Å². The van der Waals surface area contributed by atoms with Crippen molar-refractivity contribution in [2.45, 2.75) is 214 Å². The van der Waals surface area contributed by atoms with Crippen molar-refractivity contribution in [1.29, 1.82) is 0 Å². The third-order valence-corrected chi connectivity index (χ3v) is 33.4. The van der Waals surface area contributed by atoms with Crippen molar-refractivity contribution in [3.8, 4) is 0 Å². The number of carbonyl (C=O) groups excluding carboxylic acids is 1. The molecule has 53 heavy (non-hydrogen) atoms. The van der Waals surface area contributed by atoms with Crippen LogP contribution in [0.15, 0.2) is 46.6 Å². The van der Waals surface area contributed by atoms with E-state index in [0.29, 0.717) is 0 Å². The zero-order valence-corrected chi connectivity index (χ0v) is 39.6. The summed E-state index contributed by atoms with van der Waals surface area (Å²) in [7, 11) is -2.10. The van der Waals surface area contributed by atoms with Crippen molar-refractivity contribution in [1.82, 2.24) is 0 Å². The quantitative estimate of drug-likeness (QED) is 0.0777. The summed E-state index contributed by atoms with van der Waals surface area (Å²) in [6.45, 7) is 27.0. The predicted molar refractivity (Wildman–Crippen MR) is 227 cm³/mol. The van der Waals surface area contributed by atoms with Crippen LogP contribution in [0.2, 0.25) is 31.4 Å². The van der Waals surface area contributed by atoms with E-state index in [1.54, 1.807) is 3.59 Å². The fraction of sp³-hybridized carbons (Fsp3) is 0.800. The molecule has 2 fully saturated rings. The zero-order chi connectivity index (χ0) is 39.1. The normalized spacial score (nSPS) is 30.2. The molecule has 8 atom stereocenters. The van der Waals surface area contributed by atoms with Crippen LogP contribution in [0.4, 0.5) is 0 Å². The number of rotatable bonds is 18. The Hall–Kier alpha value is -0.714. The van der Waals surface area contributed by atoms with Gasteiger partial charge in [0.15, 0.2) is 5.79 Å². The van der Waals surface area contributed by atoms with Gasteiger partial charge < -0.3 is 9.47 Å². The first-order valence-corrected chi connectivity index (χ1v) is 31.9. The Morgan fingerprint density at radius 3 is 2.02 bits per heavy atom. The van der Waals surface area contributed by atoms with Crippen LogP contribution in [0.5, 0.6) is 0 Å². The number of hydrogen-bond donors (Lipinski definition) is 0. The Bertz CT molecular complexity index is 1160. The molecular formula is C45H80O6SiSn. The number of allylic oxidation sites excluding steroid dienone is 4. The summed E-state index contributed by atoms with van der Waals surface area (Å²) in [5.41, 5.74) is 0. The average Bonchev–Trinajstić information content (AvgIpc) is 3.73. The Kier molecular flexibility index (Phi) is 20.1. The van der Waals surface area contributed by atoms with Crippen LogP contribution in [0.1, 0.15) is 140 Å². The Balaban J connectivity index is 2.05. The van der Waals surface area contributed by atoms with Gasteiger partial charge in [-0.25, -0.2) is 0 Å². The van der Waals surface area contributed by atoms with Gasteiger partial charge in [0.1, 0.15) is 6.10 Å². The SMILES string of the molecule is C=[C](C[C@@H](C)C1OC(=O)[C@@H](C)/C=C/C=C[C@H]2OC(C)(C)O[C@@H]2/C=C\CC[C@H]2CC[C@H](O2)[C@H]1O[Si](CC)(CC)CC)[Sn]([CH2]CCC)([CH2]CCC)[CH2]CCC. The van der Waals surface area contributed by atoms with Crippen molar-refractivity contribution >= 4 is 32.7 Å². The van der Waals surface area contributed by atoms with Crippen LogP contribution >= 0.6 is 0 Å². The van der Waals surface area contributed by atoms with Crippen LogP contribution in [0, 0.1) is 11.8 Å². The molecule has 0 radical (unpaired) electrons. The molecule has 304 valence electrons. The van der Waals surface area contributed by atoms with Crippen LogP contribution < -0.4 is 0 Å². The molecular weight excluding hydrogens is 783 g/mol. The van der Waals surface area contributed by atoms with E-state index >= 15 is 0 Å². The van der Waals surface area contributed by atoms with E-state index < -0.39 is 44.5 Å². The second-order valence-electron chi connectivity index (χ2n) is 17.1. The second-order valence-corrected chi connectivity index (χ2v) is 35.4. The summed E-state index contributed by atoms with van der Waals surface area (Å²) in [6, 6.07) is 3.13. The molecule has 3 aliphatic heterocycles. The number of cyclic esters (lactones) is 1. The maximum absolute atomic E-state index is 14.2. The van der Waals surface area contributed by atoms with Crippen molar-refractivity contribution < 1.29 is 28.2 Å². The molecule has 0 N–H and O–H groups in total. The number of ether oxygens (including phenoxy) is 4. The van der Waals surface area contributed by atoms with Gasteiger partial charge in [-0.2, -0.15) is 0 Å². The fourth-order valence-electron chi connectivity index (χ4n) is 8.86. The molecule has 3 aliphatic rings. The molecule has 8 heteroatoms. The van der Waals surface area contributed by atoms with Gasteiger partial charge in [0.25, 0.3) is 0 Å². The third kappa shape index (κ3) is 13.7. The molecule has 6 nitrogen and oxygen atoms in total. The number of esters is 1. The summed E-state index contributed by atoms with van der Waals surface area (Å²) < 4.78 is 39.4. The maximum atomic E-state index is 14.2. The van der Waals surface area contributed by atoms with Crippen molar-refractivity contribution in [3.05, 3.63) is 46.6 Å². The molecule has 0 aromatic carbocycles. The van der Waals surface area contributed by atoms with E-state index in [2.05, 4.69) is 60.6 Å². The molecule has 2 bridgehead atoms. The van der Waals surface area contributed by atoms with Gasteiger partial charge in [-0.1, -0.05) is 0 Å². The first-order chi connectivity index (χ1) is 25.3. The minimum absolute atomic E-state index is 0.0849. The summed E-state index contributed by atoms with van der Waals surface area (Å²) in [4.78, 5) is 14.2. The number of fused-ring (bicyclic) bond motifs is 3. The Morgan fingerprint density at radius 2 is 1.45 bits per heavy atom. The van der Waals surface area contributed by atoms with Crippen LogP contribution in [-0.4, -0.2) is 75.1 Å². The van der Waals surface area contributed by atoms with Crippen LogP contribution in [0.25, 0.3) is 0 Å². The molecule has 0 aromatic rings. The van der Waals surface area contributed by atoms with Gasteiger partial charge >= 0.3 is 298 Å². The zero-order valence-electron chi connectivity index (χ0n) is 35.8. The summed E-state index contributed by atoms with van der Waals surface area (Å²) in [5, 5.41) is 0. The Morgan fingerprint density at radius 1 is 0.887 bits per heavy atom. The summed E-state index contributed by atoms with van der Waals surface area (Å²) in [5.74, 6) is -1.18. The van der Waals surface area contributed by atoms with E-state index in [9.17, 15) is 4.79 Å². The van der Waals surface area contributed by atoms with Gasteiger partial charge in [-0.05, 0) is 13.8 Å². The predicted octanol–water partition coefficient (Wildman–Crippen LogP) is 12.4. The van der Waals surface area contributed by atoms with E-state index in [4.69, 9.17) is 30.0 Å². The average molecular weight is 864 g/mol. The van der Waals surface area contributed by atoms with Crippen molar-refractivity contribution in [2.75, 3.05) is 0 Å². The second kappa shape index (κ2) is 22.9. The number of unbranched alkanes of at least 4 members (excludes halogenated alkanes) is 3. The monoisotopic (exact) mass is 864 g/mol. The Labute approximate surface area is 331 Å². The van der Waals surface area contributed by atoms with E-state index in [0.717, 1.165) is 50.2 Å². The molecule has 3 heterocycles. The van der Waals surface area contributed by atoms with E-state index in [-0.39, 0.29) is 42.4 Å². The van der Waals surface area contributed by atoms with Crippen molar-refractivity contribution in [3.63, 3.8) is 0 Å². The summed E-state index contributed by atoms with van der Waals surface area (Å²) >= 11 is -2.74. The first kappa shape index (κ1) is 46.7. The molecule has 0 amide bonds. The first-order valence-electron chi connectivity index (χ1n) is 21.9. The van der Waals surface area contributed by atoms with Gasteiger partial charge in [-0.3, -0.25) is 0 Å². The van der Waals surface area contributed by atoms with Gasteiger partial charge in [0.2, 0.25) is 0 Å². The topological polar surface area (TPSA) is 63.2 Å². The third-order valence-electron chi connectivity index (χ3n) is 12.6.